The Balaban J connectivity index is 3.03. The molecule has 0 aliphatic heterocycles. The maximum absolute atomic E-state index is 12.1. The van der Waals surface area contributed by atoms with Gasteiger partial charge in [-0.1, -0.05) is 23.3 Å². The lowest BCUT2D eigenvalue weighted by Gasteiger charge is -2.11. The van der Waals surface area contributed by atoms with Crippen LogP contribution in [0.1, 0.15) is 46.5 Å². The number of rotatable bonds is 1. The lowest BCUT2D eigenvalue weighted by Crippen LogP contribution is -2.08. The molecule has 1 aliphatic carbocycles. The second-order valence-corrected chi connectivity index (χ2v) is 4.86. The molecule has 0 spiro atoms. The van der Waals surface area contributed by atoms with E-state index in [9.17, 15) is 9.90 Å². The first kappa shape index (κ1) is 13.9. The normalized spacial score (nSPS) is 27.9. The minimum Gasteiger partial charge on any atom is -0.392 e. The van der Waals surface area contributed by atoms with E-state index in [1.807, 2.05) is 13.8 Å². The topological polar surface area (TPSA) is 37.3 Å². The Hall–Kier alpha value is -1.15. The fraction of sp³-hybridized carbons (Fsp3) is 0.533. The van der Waals surface area contributed by atoms with Crippen LogP contribution in [0.2, 0.25) is 0 Å². The summed E-state index contributed by atoms with van der Waals surface area (Å²) in [6.45, 7) is 5.91. The number of aliphatic hydroxyl groups excluding tert-OH is 1. The molecule has 0 saturated heterocycles. The van der Waals surface area contributed by atoms with Gasteiger partial charge in [-0.2, -0.15) is 0 Å². The molecule has 0 fully saturated rings. The van der Waals surface area contributed by atoms with Crippen LogP contribution in [0.3, 0.4) is 0 Å². The van der Waals surface area contributed by atoms with E-state index in [2.05, 4.69) is 19.1 Å². The summed E-state index contributed by atoms with van der Waals surface area (Å²) in [7, 11) is 0. The van der Waals surface area contributed by atoms with Crippen molar-refractivity contribution >= 4 is 5.78 Å². The van der Waals surface area contributed by atoms with Crippen molar-refractivity contribution in [3.8, 4) is 0 Å². The summed E-state index contributed by atoms with van der Waals surface area (Å²) in [5, 5.41) is 9.18. The molecule has 2 heteroatoms. The third-order valence-electron chi connectivity index (χ3n) is 3.21. The molecule has 0 aromatic carbocycles. The summed E-state index contributed by atoms with van der Waals surface area (Å²) < 4.78 is 0. The van der Waals surface area contributed by atoms with Crippen LogP contribution < -0.4 is 0 Å². The number of aliphatic hydroxyl groups is 1. The zero-order valence-corrected chi connectivity index (χ0v) is 11.0. The Morgan fingerprint density at radius 2 is 2.00 bits per heavy atom. The number of carbonyl (C=O) groups excluding carboxylic acids is 1. The Labute approximate surface area is 104 Å². The lowest BCUT2D eigenvalue weighted by molar-refractivity contribution is -0.115. The number of carbonyl (C=O) groups is 1. The molecule has 0 heterocycles. The first-order chi connectivity index (χ1) is 8.04. The third kappa shape index (κ3) is 4.31. The number of Topliss-reactive ketones (excluding diaryl/α,β-unsaturated/α-hetero) is 1. The summed E-state index contributed by atoms with van der Waals surface area (Å²) in [6.07, 6.45) is 7.47. The van der Waals surface area contributed by atoms with Gasteiger partial charge in [-0.15, -0.1) is 0 Å². The highest BCUT2D eigenvalue weighted by atomic mass is 16.3. The molecule has 0 radical (unpaired) electrons. The fourth-order valence-corrected chi connectivity index (χ4v) is 1.98. The van der Waals surface area contributed by atoms with Crippen LogP contribution in [0.15, 0.2) is 34.4 Å². The second-order valence-electron chi connectivity index (χ2n) is 4.86. The van der Waals surface area contributed by atoms with E-state index < -0.39 is 0 Å². The molecule has 0 unspecified atom stereocenters. The third-order valence-corrected chi connectivity index (χ3v) is 3.21. The zero-order valence-electron chi connectivity index (χ0n) is 11.0. The van der Waals surface area contributed by atoms with Crippen LogP contribution in [-0.2, 0) is 4.79 Å². The molecule has 0 saturated carbocycles. The summed E-state index contributed by atoms with van der Waals surface area (Å²) in [5.74, 6) is 0.149. The van der Waals surface area contributed by atoms with Gasteiger partial charge in [0.15, 0.2) is 5.78 Å². The molecule has 94 valence electrons. The fourth-order valence-electron chi connectivity index (χ4n) is 1.98. The van der Waals surface area contributed by atoms with Crippen molar-refractivity contribution in [3.63, 3.8) is 0 Å². The average molecular weight is 234 g/mol. The summed E-state index contributed by atoms with van der Waals surface area (Å²) in [6, 6.07) is 0. The molecule has 0 aromatic heterocycles. The van der Waals surface area contributed by atoms with Crippen molar-refractivity contribution in [2.45, 2.75) is 46.5 Å². The highest BCUT2D eigenvalue weighted by Gasteiger charge is 2.13. The highest BCUT2D eigenvalue weighted by Crippen LogP contribution is 2.20. The van der Waals surface area contributed by atoms with Gasteiger partial charge in [0.05, 0.1) is 6.61 Å². The molecule has 0 atom stereocenters. The molecule has 1 rings (SSSR count). The van der Waals surface area contributed by atoms with Crippen LogP contribution in [0.4, 0.5) is 0 Å². The number of ketones is 1. The van der Waals surface area contributed by atoms with E-state index in [0.29, 0.717) is 12.8 Å². The molecule has 0 bridgehead atoms. The van der Waals surface area contributed by atoms with Crippen molar-refractivity contribution < 1.29 is 9.90 Å². The SMILES string of the molecule is C/C(CO)=C1\C/C=C(\C)CC/C=C(\C)CC1=O. The van der Waals surface area contributed by atoms with E-state index in [4.69, 9.17) is 0 Å². The van der Waals surface area contributed by atoms with Gasteiger partial charge in [0.25, 0.3) is 0 Å². The Bertz CT molecular complexity index is 384. The van der Waals surface area contributed by atoms with E-state index in [0.717, 1.165) is 29.6 Å². The van der Waals surface area contributed by atoms with Crippen LogP contribution in [0.5, 0.6) is 0 Å². The molecule has 1 aliphatic rings. The highest BCUT2D eigenvalue weighted by molar-refractivity contribution is 5.97. The molecular weight excluding hydrogens is 212 g/mol. The Morgan fingerprint density at radius 3 is 2.65 bits per heavy atom. The van der Waals surface area contributed by atoms with Crippen LogP contribution in [0.25, 0.3) is 0 Å². The minimum absolute atomic E-state index is 0.0310. The van der Waals surface area contributed by atoms with E-state index in [-0.39, 0.29) is 12.4 Å². The van der Waals surface area contributed by atoms with Gasteiger partial charge in [0.2, 0.25) is 0 Å². The van der Waals surface area contributed by atoms with Gasteiger partial charge in [-0.25, -0.2) is 0 Å². The van der Waals surface area contributed by atoms with Gasteiger partial charge in [0.1, 0.15) is 0 Å². The van der Waals surface area contributed by atoms with Crippen LogP contribution in [0, 0.1) is 0 Å². The van der Waals surface area contributed by atoms with Gasteiger partial charge in [-0.3, -0.25) is 4.79 Å². The zero-order chi connectivity index (χ0) is 12.8. The van der Waals surface area contributed by atoms with Gasteiger partial charge >= 0.3 is 0 Å². The molecule has 0 amide bonds. The largest absolute Gasteiger partial charge is 0.392 e. The molecule has 2 nitrogen and oxygen atoms in total. The average Bonchev–Trinajstić information content (AvgIpc) is 2.28. The van der Waals surface area contributed by atoms with Crippen LogP contribution >= 0.6 is 0 Å². The monoisotopic (exact) mass is 234 g/mol. The van der Waals surface area contributed by atoms with Crippen molar-refractivity contribution in [2.75, 3.05) is 6.61 Å². The molecule has 1 N–H and O–H groups in total. The van der Waals surface area contributed by atoms with E-state index in [1.54, 1.807) is 0 Å². The van der Waals surface area contributed by atoms with Crippen molar-refractivity contribution in [2.24, 2.45) is 0 Å². The minimum atomic E-state index is -0.0310. The first-order valence-corrected chi connectivity index (χ1v) is 6.18. The van der Waals surface area contributed by atoms with E-state index in [1.165, 1.54) is 5.57 Å². The summed E-state index contributed by atoms with van der Waals surface area (Å²) in [5.41, 5.74) is 4.02. The number of allylic oxidation sites excluding steroid dienone is 5. The Kier molecular flexibility index (Phi) is 5.36. The quantitative estimate of drug-likeness (QED) is 0.558. The predicted molar refractivity (Wildman–Crippen MR) is 70.8 cm³/mol. The van der Waals surface area contributed by atoms with Crippen LogP contribution in [-0.4, -0.2) is 17.5 Å². The molecular formula is C15H22O2. The smallest absolute Gasteiger partial charge is 0.163 e. The molecule has 17 heavy (non-hydrogen) atoms. The van der Waals surface area contributed by atoms with Gasteiger partial charge in [0, 0.05) is 12.0 Å². The summed E-state index contributed by atoms with van der Waals surface area (Å²) in [4.78, 5) is 12.1. The number of hydrogen-bond donors (Lipinski definition) is 1. The van der Waals surface area contributed by atoms with Gasteiger partial charge < -0.3 is 5.11 Å². The summed E-state index contributed by atoms with van der Waals surface area (Å²) >= 11 is 0. The maximum atomic E-state index is 12.1. The second kappa shape index (κ2) is 6.55. The van der Waals surface area contributed by atoms with Crippen molar-refractivity contribution in [1.82, 2.24) is 0 Å². The maximum Gasteiger partial charge on any atom is 0.163 e. The van der Waals surface area contributed by atoms with E-state index >= 15 is 0 Å². The number of hydrogen-bond acceptors (Lipinski definition) is 2. The van der Waals surface area contributed by atoms with Crippen molar-refractivity contribution in [1.29, 1.82) is 0 Å². The Morgan fingerprint density at radius 1 is 1.29 bits per heavy atom. The van der Waals surface area contributed by atoms with Gasteiger partial charge in [-0.05, 0) is 45.6 Å². The molecule has 0 aromatic rings. The lowest BCUT2D eigenvalue weighted by atomic mass is 9.94. The van der Waals surface area contributed by atoms with Crippen molar-refractivity contribution in [3.05, 3.63) is 34.4 Å². The predicted octanol–water partition coefficient (Wildman–Crippen LogP) is 3.33. The standard InChI is InChI=1S/C15H22O2/c1-11-5-4-6-12(2)9-15(17)14(8-7-11)13(3)10-16/h6-7,16H,4-5,8-10H2,1-3H3/b11-7+,12-6+,14-13-. The first-order valence-electron chi connectivity index (χ1n) is 6.18.